The molecule has 0 saturated heterocycles. The van der Waals surface area contributed by atoms with E-state index in [1.807, 2.05) is 0 Å². The van der Waals surface area contributed by atoms with E-state index in [1.165, 1.54) is 12.8 Å². The van der Waals surface area contributed by atoms with E-state index in [-0.39, 0.29) is 11.7 Å². The molecule has 0 aromatic carbocycles. The van der Waals surface area contributed by atoms with E-state index in [2.05, 4.69) is 0 Å². The lowest BCUT2D eigenvalue weighted by Crippen LogP contribution is -2.19. The fourth-order valence-corrected chi connectivity index (χ4v) is 2.07. The van der Waals surface area contributed by atoms with E-state index in [0.29, 0.717) is 12.5 Å². The zero-order valence-electron chi connectivity index (χ0n) is 8.27. The molecular weight excluding hydrogens is 204 g/mol. The molecule has 82 valence electrons. The van der Waals surface area contributed by atoms with Gasteiger partial charge in [0.2, 0.25) is 0 Å². The van der Waals surface area contributed by atoms with E-state index in [9.17, 15) is 9.00 Å². The topological polar surface area (TPSA) is 63.6 Å². The second kappa shape index (κ2) is 5.46. The van der Waals surface area contributed by atoms with Gasteiger partial charge in [0.05, 0.1) is 12.5 Å². The van der Waals surface area contributed by atoms with Crippen LogP contribution < -0.4 is 0 Å². The third-order valence-corrected chi connectivity index (χ3v) is 3.42. The zero-order chi connectivity index (χ0) is 10.6. The van der Waals surface area contributed by atoms with Crippen molar-refractivity contribution in [3.63, 3.8) is 0 Å². The van der Waals surface area contributed by atoms with Gasteiger partial charge in [0, 0.05) is 16.6 Å². The fraction of sp³-hybridized carbons (Fsp3) is 0.889. The summed E-state index contributed by atoms with van der Waals surface area (Å²) in [5.41, 5.74) is 0. The second-order valence-electron chi connectivity index (χ2n) is 3.78. The minimum atomic E-state index is -1.16. The van der Waals surface area contributed by atoms with Crippen molar-refractivity contribution in [2.24, 2.45) is 11.8 Å². The quantitative estimate of drug-likeness (QED) is 0.690. The number of ether oxygens (including phenoxy) is 1. The predicted octanol–water partition coefficient (Wildman–Crippen LogP) is 0.840. The molecule has 0 bridgehead atoms. The molecular formula is C9H16O4S. The molecule has 0 radical (unpaired) electrons. The lowest BCUT2D eigenvalue weighted by atomic mass is 10.2. The number of rotatable bonds is 7. The van der Waals surface area contributed by atoms with E-state index in [1.54, 1.807) is 6.92 Å². The molecule has 1 N–H and O–H groups in total. The Kier molecular flexibility index (Phi) is 4.54. The number of carbonyl (C=O) groups is 1. The Morgan fingerprint density at radius 3 is 2.79 bits per heavy atom. The maximum atomic E-state index is 11.3. The van der Waals surface area contributed by atoms with Gasteiger partial charge in [0.15, 0.2) is 0 Å². The molecule has 2 unspecified atom stereocenters. The number of aliphatic carboxylic acids is 1. The molecule has 1 saturated carbocycles. The van der Waals surface area contributed by atoms with Gasteiger partial charge in [-0.2, -0.15) is 0 Å². The highest BCUT2D eigenvalue weighted by atomic mass is 32.2. The third-order valence-electron chi connectivity index (χ3n) is 2.12. The Balaban J connectivity index is 2.05. The van der Waals surface area contributed by atoms with Crippen LogP contribution in [0.15, 0.2) is 0 Å². The van der Waals surface area contributed by atoms with Crippen LogP contribution in [0.5, 0.6) is 0 Å². The minimum Gasteiger partial charge on any atom is -0.481 e. The summed E-state index contributed by atoms with van der Waals surface area (Å²) in [5.74, 6) is -0.446. The summed E-state index contributed by atoms with van der Waals surface area (Å²) in [6.07, 6.45) is 2.41. The van der Waals surface area contributed by atoms with Crippen LogP contribution in [0, 0.1) is 11.8 Å². The molecule has 1 fully saturated rings. The standard InChI is InChI=1S/C9H16O4S/c1-7(9(10)11)5-14(12)6-13-4-8-2-3-8/h7-8H,2-6H2,1H3,(H,10,11). The molecule has 1 aliphatic rings. The van der Waals surface area contributed by atoms with Gasteiger partial charge < -0.3 is 9.84 Å². The molecule has 1 rings (SSSR count). The molecule has 14 heavy (non-hydrogen) atoms. The number of carboxylic acid groups (broad SMARTS) is 1. The van der Waals surface area contributed by atoms with Gasteiger partial charge in [-0.15, -0.1) is 0 Å². The Morgan fingerprint density at radius 2 is 2.29 bits per heavy atom. The minimum absolute atomic E-state index is 0.175. The normalized spacial score (nSPS) is 20.4. The van der Waals surface area contributed by atoms with Crippen LogP contribution in [0.25, 0.3) is 0 Å². The molecule has 0 amide bonds. The third kappa shape index (κ3) is 4.72. The maximum absolute atomic E-state index is 11.3. The number of hydrogen-bond acceptors (Lipinski definition) is 3. The van der Waals surface area contributed by atoms with Crippen LogP contribution in [0.1, 0.15) is 19.8 Å². The molecule has 0 aromatic heterocycles. The van der Waals surface area contributed by atoms with Crippen molar-refractivity contribution in [2.75, 3.05) is 18.3 Å². The Hall–Kier alpha value is -0.420. The molecule has 0 heterocycles. The highest BCUT2D eigenvalue weighted by Gasteiger charge is 2.22. The van der Waals surface area contributed by atoms with Crippen LogP contribution in [0.2, 0.25) is 0 Å². The largest absolute Gasteiger partial charge is 0.481 e. The lowest BCUT2D eigenvalue weighted by Gasteiger charge is -2.06. The van der Waals surface area contributed by atoms with E-state index in [0.717, 1.165) is 0 Å². The summed E-state index contributed by atoms with van der Waals surface area (Å²) in [6, 6.07) is 0. The van der Waals surface area contributed by atoms with Crippen molar-refractivity contribution in [2.45, 2.75) is 19.8 Å². The summed E-state index contributed by atoms with van der Waals surface area (Å²) < 4.78 is 16.5. The van der Waals surface area contributed by atoms with Crippen molar-refractivity contribution in [3.05, 3.63) is 0 Å². The van der Waals surface area contributed by atoms with E-state index in [4.69, 9.17) is 9.84 Å². The monoisotopic (exact) mass is 220 g/mol. The Bertz CT molecular complexity index is 225. The summed E-state index contributed by atoms with van der Waals surface area (Å²) >= 11 is 0. The van der Waals surface area contributed by atoms with Crippen LogP contribution in [0.3, 0.4) is 0 Å². The van der Waals surface area contributed by atoms with Crippen molar-refractivity contribution < 1.29 is 18.8 Å². The smallest absolute Gasteiger partial charge is 0.307 e. The molecule has 4 nitrogen and oxygen atoms in total. The average molecular weight is 220 g/mol. The first-order valence-electron chi connectivity index (χ1n) is 4.75. The summed E-state index contributed by atoms with van der Waals surface area (Å²) in [4.78, 5) is 10.5. The zero-order valence-corrected chi connectivity index (χ0v) is 9.09. The van der Waals surface area contributed by atoms with Gasteiger partial charge in [-0.3, -0.25) is 9.00 Å². The molecule has 5 heteroatoms. The van der Waals surface area contributed by atoms with Crippen LogP contribution in [-0.4, -0.2) is 33.6 Å². The second-order valence-corrected chi connectivity index (χ2v) is 5.23. The Labute approximate surface area is 86.1 Å². The first kappa shape index (κ1) is 11.7. The van der Waals surface area contributed by atoms with Crippen molar-refractivity contribution in [1.29, 1.82) is 0 Å². The van der Waals surface area contributed by atoms with Gasteiger partial charge in [0.25, 0.3) is 0 Å². The van der Waals surface area contributed by atoms with E-state index < -0.39 is 22.7 Å². The van der Waals surface area contributed by atoms with Crippen molar-refractivity contribution >= 4 is 16.8 Å². The Morgan fingerprint density at radius 1 is 1.64 bits per heavy atom. The van der Waals surface area contributed by atoms with Gasteiger partial charge >= 0.3 is 5.97 Å². The molecule has 0 spiro atoms. The molecule has 2 atom stereocenters. The first-order chi connectivity index (χ1) is 6.59. The van der Waals surface area contributed by atoms with Gasteiger partial charge in [0.1, 0.15) is 5.94 Å². The fourth-order valence-electron chi connectivity index (χ4n) is 0.990. The number of carboxylic acids is 1. The summed E-state index contributed by atoms with van der Waals surface area (Å²) in [6.45, 7) is 2.23. The first-order valence-corrected chi connectivity index (χ1v) is 6.24. The predicted molar refractivity (Wildman–Crippen MR) is 53.4 cm³/mol. The molecule has 0 aromatic rings. The highest BCUT2D eigenvalue weighted by molar-refractivity contribution is 7.84. The average Bonchev–Trinajstić information content (AvgIpc) is 2.87. The van der Waals surface area contributed by atoms with Gasteiger partial charge in [-0.05, 0) is 18.8 Å². The van der Waals surface area contributed by atoms with Crippen molar-refractivity contribution in [3.8, 4) is 0 Å². The van der Waals surface area contributed by atoms with Gasteiger partial charge in [-0.25, -0.2) is 0 Å². The number of hydrogen-bond donors (Lipinski definition) is 1. The van der Waals surface area contributed by atoms with E-state index >= 15 is 0 Å². The van der Waals surface area contributed by atoms with Crippen molar-refractivity contribution in [1.82, 2.24) is 0 Å². The molecule has 0 aliphatic heterocycles. The summed E-state index contributed by atoms with van der Waals surface area (Å²) in [7, 11) is -1.16. The summed E-state index contributed by atoms with van der Waals surface area (Å²) in [5, 5.41) is 8.58. The van der Waals surface area contributed by atoms with Gasteiger partial charge in [-0.1, -0.05) is 6.92 Å². The van der Waals surface area contributed by atoms with Crippen LogP contribution in [0.4, 0.5) is 0 Å². The van der Waals surface area contributed by atoms with Crippen LogP contribution >= 0.6 is 0 Å². The SMILES string of the molecule is CC(CS(=O)COCC1CC1)C(=O)O. The maximum Gasteiger partial charge on any atom is 0.307 e. The molecule has 1 aliphatic carbocycles. The highest BCUT2D eigenvalue weighted by Crippen LogP contribution is 2.28. The lowest BCUT2D eigenvalue weighted by molar-refractivity contribution is -0.140. The van der Waals surface area contributed by atoms with Crippen LogP contribution in [-0.2, 0) is 20.3 Å².